The number of ether oxygens (including phenoxy) is 1. The molecule has 2 N–H and O–H groups in total. The smallest absolute Gasteiger partial charge is 0.280 e. The van der Waals surface area contributed by atoms with Gasteiger partial charge in [0, 0.05) is 17.3 Å². The van der Waals surface area contributed by atoms with Crippen LogP contribution in [-0.4, -0.2) is 76.3 Å². The molecule has 0 aromatic heterocycles. The average molecular weight is 425 g/mol. The molecular formula is C25H36N4O2+2. The van der Waals surface area contributed by atoms with Crippen LogP contribution in [-0.2, 0) is 11.3 Å². The minimum atomic E-state index is 0.0307. The van der Waals surface area contributed by atoms with E-state index in [0.29, 0.717) is 5.91 Å². The highest BCUT2D eigenvalue weighted by molar-refractivity contribution is 5.80. The molecule has 2 aromatic carbocycles. The molecule has 0 spiro atoms. The Labute approximate surface area is 186 Å². The van der Waals surface area contributed by atoms with Crippen molar-refractivity contribution in [2.24, 2.45) is 0 Å². The predicted octanol–water partition coefficient (Wildman–Crippen LogP) is -0.284. The molecule has 2 aromatic rings. The quantitative estimate of drug-likeness (QED) is 0.670. The number of hydrogen-bond acceptors (Lipinski definition) is 3. The third-order valence-electron chi connectivity index (χ3n) is 6.89. The summed E-state index contributed by atoms with van der Waals surface area (Å²) in [6.07, 6.45) is 0. The third kappa shape index (κ3) is 5.38. The summed E-state index contributed by atoms with van der Waals surface area (Å²) in [5.74, 6) is 1.22. The predicted molar refractivity (Wildman–Crippen MR) is 123 cm³/mol. The first-order chi connectivity index (χ1) is 15.1. The van der Waals surface area contributed by atoms with Gasteiger partial charge in [0.15, 0.2) is 6.04 Å². The maximum Gasteiger partial charge on any atom is 0.280 e. The molecule has 2 aliphatic heterocycles. The van der Waals surface area contributed by atoms with E-state index < -0.39 is 0 Å². The fourth-order valence-electron chi connectivity index (χ4n) is 4.85. The molecule has 2 aliphatic rings. The first-order valence-electron chi connectivity index (χ1n) is 11.5. The number of carbonyl (C=O) groups excluding carboxylic acids is 1. The lowest BCUT2D eigenvalue weighted by atomic mass is 10.1. The highest BCUT2D eigenvalue weighted by atomic mass is 16.5. The number of carbonyl (C=O) groups is 1. The number of methoxy groups -OCH3 is 1. The van der Waals surface area contributed by atoms with Crippen LogP contribution in [0, 0.1) is 0 Å². The van der Waals surface area contributed by atoms with Crippen LogP contribution in [0.25, 0.3) is 0 Å². The van der Waals surface area contributed by atoms with Crippen LogP contribution >= 0.6 is 0 Å². The topological polar surface area (TPSA) is 41.7 Å². The number of hydrogen-bond donors (Lipinski definition) is 2. The van der Waals surface area contributed by atoms with E-state index >= 15 is 0 Å². The second-order valence-electron chi connectivity index (χ2n) is 8.81. The van der Waals surface area contributed by atoms with Crippen molar-refractivity contribution >= 4 is 11.6 Å². The molecule has 2 heterocycles. The lowest BCUT2D eigenvalue weighted by Gasteiger charge is -2.38. The molecule has 0 bridgehead atoms. The number of piperazine rings is 2. The Morgan fingerprint density at radius 2 is 1.68 bits per heavy atom. The van der Waals surface area contributed by atoms with E-state index in [1.807, 2.05) is 12.1 Å². The Hall–Kier alpha value is -2.57. The van der Waals surface area contributed by atoms with Gasteiger partial charge in [-0.25, -0.2) is 0 Å². The normalized spacial score (nSPS) is 19.3. The van der Waals surface area contributed by atoms with E-state index in [9.17, 15) is 4.79 Å². The summed E-state index contributed by atoms with van der Waals surface area (Å²) in [5.41, 5.74) is 2.58. The van der Waals surface area contributed by atoms with Crippen molar-refractivity contribution in [1.29, 1.82) is 0 Å². The Kier molecular flexibility index (Phi) is 7.10. The molecule has 0 aliphatic carbocycles. The second kappa shape index (κ2) is 10.2. The highest BCUT2D eigenvalue weighted by Crippen LogP contribution is 2.20. The van der Waals surface area contributed by atoms with Crippen molar-refractivity contribution in [3.8, 4) is 5.75 Å². The fourth-order valence-corrected chi connectivity index (χ4v) is 4.85. The van der Waals surface area contributed by atoms with Crippen molar-refractivity contribution < 1.29 is 19.3 Å². The summed E-state index contributed by atoms with van der Waals surface area (Å²) in [6, 6.07) is 18.9. The van der Waals surface area contributed by atoms with Crippen molar-refractivity contribution in [1.82, 2.24) is 4.90 Å². The summed E-state index contributed by atoms with van der Waals surface area (Å²) in [7, 11) is 1.71. The summed E-state index contributed by atoms with van der Waals surface area (Å²) >= 11 is 0. The third-order valence-corrected chi connectivity index (χ3v) is 6.89. The Morgan fingerprint density at radius 1 is 0.968 bits per heavy atom. The van der Waals surface area contributed by atoms with Crippen molar-refractivity contribution in [3.05, 3.63) is 60.2 Å². The van der Waals surface area contributed by atoms with Gasteiger partial charge < -0.3 is 24.3 Å². The van der Waals surface area contributed by atoms with Gasteiger partial charge in [-0.1, -0.05) is 36.4 Å². The maximum absolute atomic E-state index is 13.2. The van der Waals surface area contributed by atoms with Gasteiger partial charge in [-0.05, 0) is 19.1 Å². The van der Waals surface area contributed by atoms with Crippen molar-refractivity contribution in [2.45, 2.75) is 19.5 Å². The molecule has 2 fully saturated rings. The molecule has 1 amide bonds. The second-order valence-corrected chi connectivity index (χ2v) is 8.81. The summed E-state index contributed by atoms with van der Waals surface area (Å²) in [5, 5.41) is 0. The largest absolute Gasteiger partial charge is 0.497 e. The molecule has 0 radical (unpaired) electrons. The molecule has 31 heavy (non-hydrogen) atoms. The average Bonchev–Trinajstić information content (AvgIpc) is 2.84. The molecule has 6 nitrogen and oxygen atoms in total. The van der Waals surface area contributed by atoms with Gasteiger partial charge in [0.25, 0.3) is 5.91 Å². The molecule has 6 heteroatoms. The van der Waals surface area contributed by atoms with Crippen LogP contribution in [0.1, 0.15) is 12.5 Å². The first-order valence-corrected chi connectivity index (χ1v) is 11.5. The van der Waals surface area contributed by atoms with Gasteiger partial charge in [-0.2, -0.15) is 0 Å². The van der Waals surface area contributed by atoms with Gasteiger partial charge in [0.2, 0.25) is 0 Å². The molecular weight excluding hydrogens is 388 g/mol. The lowest BCUT2D eigenvalue weighted by Crippen LogP contribution is -3.19. The van der Waals surface area contributed by atoms with E-state index in [2.05, 4.69) is 59.2 Å². The highest BCUT2D eigenvalue weighted by Gasteiger charge is 2.34. The number of nitrogens with one attached hydrogen (secondary N) is 2. The fraction of sp³-hybridized carbons (Fsp3) is 0.480. The van der Waals surface area contributed by atoms with E-state index in [-0.39, 0.29) is 6.04 Å². The minimum absolute atomic E-state index is 0.0307. The number of amides is 1. The van der Waals surface area contributed by atoms with Gasteiger partial charge >= 0.3 is 0 Å². The lowest BCUT2D eigenvalue weighted by molar-refractivity contribution is -0.920. The van der Waals surface area contributed by atoms with Crippen LogP contribution in [0.15, 0.2) is 54.6 Å². The van der Waals surface area contributed by atoms with Crippen LogP contribution in [0.4, 0.5) is 5.69 Å². The zero-order valence-electron chi connectivity index (χ0n) is 18.8. The van der Waals surface area contributed by atoms with Crippen molar-refractivity contribution in [3.63, 3.8) is 0 Å². The summed E-state index contributed by atoms with van der Waals surface area (Å²) in [4.78, 5) is 20.6. The summed E-state index contributed by atoms with van der Waals surface area (Å²) in [6.45, 7) is 10.9. The minimum Gasteiger partial charge on any atom is -0.497 e. The number of nitrogens with zero attached hydrogens (tertiary/aromatic N) is 2. The summed E-state index contributed by atoms with van der Waals surface area (Å²) < 4.78 is 5.36. The van der Waals surface area contributed by atoms with E-state index in [1.165, 1.54) is 16.2 Å². The maximum atomic E-state index is 13.2. The number of anilines is 1. The van der Waals surface area contributed by atoms with E-state index in [4.69, 9.17) is 4.74 Å². The molecule has 2 saturated heterocycles. The molecule has 166 valence electrons. The molecule has 4 rings (SSSR count). The Bertz CT molecular complexity index is 844. The van der Waals surface area contributed by atoms with Gasteiger partial charge in [0.1, 0.15) is 12.3 Å². The first kappa shape index (κ1) is 21.7. The zero-order valence-corrected chi connectivity index (χ0v) is 18.8. The van der Waals surface area contributed by atoms with Crippen LogP contribution < -0.4 is 19.4 Å². The zero-order chi connectivity index (χ0) is 21.6. The number of rotatable bonds is 6. The SMILES string of the molecule is COc1cccc(N2CC[NH+]([C@H](C)C(=O)N3CC[NH+](Cc4ccccc4)CC3)CC2)c1. The van der Waals surface area contributed by atoms with Crippen molar-refractivity contribution in [2.75, 3.05) is 64.4 Å². The van der Waals surface area contributed by atoms with Crippen LogP contribution in [0.3, 0.4) is 0 Å². The van der Waals surface area contributed by atoms with Gasteiger partial charge in [0.05, 0.1) is 59.5 Å². The molecule has 0 unspecified atom stereocenters. The monoisotopic (exact) mass is 424 g/mol. The molecule has 1 atom stereocenters. The number of benzene rings is 2. The standard InChI is InChI=1S/C25H34N4O2/c1-21(27-15-17-28(18-16-27)23-9-6-10-24(19-23)31-2)25(30)29-13-11-26(12-14-29)20-22-7-4-3-5-8-22/h3-10,19,21H,11-18,20H2,1-2H3/p+2/t21-/m1/s1. The Balaban J connectivity index is 1.24. The molecule has 0 saturated carbocycles. The van der Waals surface area contributed by atoms with Crippen LogP contribution in [0.2, 0.25) is 0 Å². The Morgan fingerprint density at radius 3 is 2.35 bits per heavy atom. The van der Waals surface area contributed by atoms with E-state index in [1.54, 1.807) is 12.0 Å². The van der Waals surface area contributed by atoms with Gasteiger partial charge in [-0.15, -0.1) is 0 Å². The van der Waals surface area contributed by atoms with Crippen LogP contribution in [0.5, 0.6) is 5.75 Å². The van der Waals surface area contributed by atoms with E-state index in [0.717, 1.165) is 64.7 Å². The number of quaternary nitrogens is 2. The van der Waals surface area contributed by atoms with Gasteiger partial charge in [-0.3, -0.25) is 4.79 Å².